The maximum absolute atomic E-state index is 11.5. The smallest absolute Gasteiger partial charge is 0.269 e. The molecule has 184 valence electrons. The van der Waals surface area contributed by atoms with E-state index in [1.807, 2.05) is 36.4 Å². The molecule has 9 heteroatoms. The summed E-state index contributed by atoms with van der Waals surface area (Å²) in [6, 6.07) is 20.8. The van der Waals surface area contributed by atoms with E-state index in [9.17, 15) is 10.1 Å². The first-order valence-corrected chi connectivity index (χ1v) is 12.3. The summed E-state index contributed by atoms with van der Waals surface area (Å²) in [5.41, 5.74) is 11.3. The fraction of sp³-hybridized carbons (Fsp3) is 0.222. The van der Waals surface area contributed by atoms with Crippen LogP contribution in [0.3, 0.4) is 0 Å². The number of ether oxygens (including phenoxy) is 2. The van der Waals surface area contributed by atoms with Gasteiger partial charge in [0.05, 0.1) is 35.8 Å². The lowest BCUT2D eigenvalue weighted by Gasteiger charge is -2.21. The number of anilines is 2. The number of nitro groups is 1. The molecule has 0 radical (unpaired) electrons. The summed E-state index contributed by atoms with van der Waals surface area (Å²) < 4.78 is 10.9. The highest BCUT2D eigenvalue weighted by molar-refractivity contribution is 7.15. The Morgan fingerprint density at radius 1 is 1.14 bits per heavy atom. The zero-order valence-corrected chi connectivity index (χ0v) is 20.7. The largest absolute Gasteiger partial charge is 0.497 e. The van der Waals surface area contributed by atoms with E-state index in [0.717, 1.165) is 39.6 Å². The number of para-hydroxylation sites is 1. The first-order valence-electron chi connectivity index (χ1n) is 11.5. The van der Waals surface area contributed by atoms with Crippen molar-refractivity contribution in [3.05, 3.63) is 104 Å². The van der Waals surface area contributed by atoms with Crippen molar-refractivity contribution in [1.29, 1.82) is 0 Å². The Morgan fingerprint density at radius 2 is 1.92 bits per heavy atom. The summed E-state index contributed by atoms with van der Waals surface area (Å²) >= 11 is 1.48. The highest BCUT2D eigenvalue weighted by Crippen LogP contribution is 2.43. The van der Waals surface area contributed by atoms with Crippen molar-refractivity contribution in [3.63, 3.8) is 0 Å². The van der Waals surface area contributed by atoms with Gasteiger partial charge in [0.2, 0.25) is 0 Å². The van der Waals surface area contributed by atoms with Gasteiger partial charge in [-0.05, 0) is 48.2 Å². The van der Waals surface area contributed by atoms with E-state index in [4.69, 9.17) is 20.2 Å². The van der Waals surface area contributed by atoms with Crippen molar-refractivity contribution in [1.82, 2.24) is 4.98 Å². The first kappa shape index (κ1) is 23.6. The lowest BCUT2D eigenvalue weighted by atomic mass is 9.87. The van der Waals surface area contributed by atoms with E-state index in [0.29, 0.717) is 17.3 Å². The number of nitro benzene ring substituents is 1. The number of nitrogens with one attached hydrogen (secondary N) is 1. The quantitative estimate of drug-likeness (QED) is 0.233. The van der Waals surface area contributed by atoms with Crippen LogP contribution in [0.15, 0.2) is 66.7 Å². The number of thiazole rings is 1. The van der Waals surface area contributed by atoms with Crippen LogP contribution in [0, 0.1) is 10.1 Å². The number of nitrogens with two attached hydrogens (primary N) is 1. The lowest BCUT2D eigenvalue weighted by molar-refractivity contribution is -0.384. The van der Waals surface area contributed by atoms with Gasteiger partial charge in [-0.1, -0.05) is 41.7 Å². The fourth-order valence-electron chi connectivity index (χ4n) is 4.78. The second-order valence-electron chi connectivity index (χ2n) is 8.64. The molecule has 2 unspecified atom stereocenters. The van der Waals surface area contributed by atoms with Gasteiger partial charge in [0.1, 0.15) is 11.5 Å². The van der Waals surface area contributed by atoms with E-state index in [-0.39, 0.29) is 17.6 Å². The van der Waals surface area contributed by atoms with Gasteiger partial charge in [0, 0.05) is 29.3 Å². The molecule has 1 aliphatic heterocycles. The molecule has 3 N–H and O–H groups in total. The molecule has 1 aromatic heterocycles. The summed E-state index contributed by atoms with van der Waals surface area (Å²) in [5.74, 6) is 1.13. The Bertz CT molecular complexity index is 1380. The van der Waals surface area contributed by atoms with Gasteiger partial charge in [-0.25, -0.2) is 4.98 Å². The van der Waals surface area contributed by atoms with E-state index in [2.05, 4.69) is 17.4 Å². The minimum Gasteiger partial charge on any atom is -0.497 e. The van der Waals surface area contributed by atoms with E-state index in [1.54, 1.807) is 26.4 Å². The average Bonchev–Trinajstić information content (AvgIpc) is 3.50. The molecule has 2 atom stereocenters. The Hall–Kier alpha value is -4.11. The lowest BCUT2D eigenvalue weighted by Crippen LogP contribution is -2.13. The topological polar surface area (TPSA) is 113 Å². The minimum atomic E-state index is -0.392. The van der Waals surface area contributed by atoms with Crippen molar-refractivity contribution in [2.45, 2.75) is 24.8 Å². The highest BCUT2D eigenvalue weighted by Gasteiger charge is 2.31. The van der Waals surface area contributed by atoms with Crippen LogP contribution in [0.25, 0.3) is 0 Å². The predicted octanol–water partition coefficient (Wildman–Crippen LogP) is 5.73. The fourth-order valence-corrected chi connectivity index (χ4v) is 5.73. The Morgan fingerprint density at radius 3 is 2.61 bits per heavy atom. The van der Waals surface area contributed by atoms with Crippen molar-refractivity contribution in [2.24, 2.45) is 0 Å². The average molecular weight is 503 g/mol. The van der Waals surface area contributed by atoms with Crippen molar-refractivity contribution in [3.8, 4) is 11.5 Å². The molecule has 0 fully saturated rings. The first-order chi connectivity index (χ1) is 17.5. The molecule has 0 spiro atoms. The Labute approximate surface area is 212 Å². The SMILES string of the molecule is COc1ccc(C(Cc2cc([N+](=O)[O-])ccc2OC)c2nc(N)sc2C2Cc3ccccc3N2)cc1. The van der Waals surface area contributed by atoms with Crippen molar-refractivity contribution < 1.29 is 14.4 Å². The van der Waals surface area contributed by atoms with Gasteiger partial charge < -0.3 is 20.5 Å². The Balaban J connectivity index is 1.59. The van der Waals surface area contributed by atoms with E-state index >= 15 is 0 Å². The number of fused-ring (bicyclic) bond motifs is 1. The van der Waals surface area contributed by atoms with Crippen LogP contribution in [0.4, 0.5) is 16.5 Å². The van der Waals surface area contributed by atoms with Crippen molar-refractivity contribution >= 4 is 27.8 Å². The summed E-state index contributed by atoms with van der Waals surface area (Å²) in [7, 11) is 3.20. The molecule has 3 aromatic carbocycles. The third-order valence-electron chi connectivity index (χ3n) is 6.53. The number of methoxy groups -OCH3 is 2. The second-order valence-corrected chi connectivity index (χ2v) is 9.71. The number of nitrogen functional groups attached to an aromatic ring is 1. The number of benzene rings is 3. The molecular formula is C27H26N4O4S. The zero-order valence-electron chi connectivity index (χ0n) is 19.9. The van der Waals surface area contributed by atoms with Crippen LogP contribution in [-0.4, -0.2) is 24.1 Å². The standard InChI is InChI=1S/C27H26N4O4S/c1-34-20-10-7-16(8-11-20)21(14-18-13-19(31(32)33)9-12-24(18)35-2)25-26(36-27(28)30-25)23-15-17-5-3-4-6-22(17)29-23/h3-13,21,23,29H,14-15H2,1-2H3,(H2,28,30). The maximum atomic E-state index is 11.5. The third-order valence-corrected chi connectivity index (χ3v) is 7.55. The third kappa shape index (κ3) is 4.57. The van der Waals surface area contributed by atoms with E-state index in [1.165, 1.54) is 23.0 Å². The van der Waals surface area contributed by atoms with Crippen LogP contribution in [0.5, 0.6) is 11.5 Å². The maximum Gasteiger partial charge on any atom is 0.269 e. The Kier molecular flexibility index (Phi) is 6.47. The van der Waals surface area contributed by atoms with E-state index < -0.39 is 4.92 Å². The van der Waals surface area contributed by atoms with Crippen LogP contribution < -0.4 is 20.5 Å². The number of hydrogen-bond acceptors (Lipinski definition) is 8. The number of hydrogen-bond donors (Lipinski definition) is 2. The molecule has 0 bridgehead atoms. The predicted molar refractivity (Wildman–Crippen MR) is 141 cm³/mol. The summed E-state index contributed by atoms with van der Waals surface area (Å²) in [6.07, 6.45) is 1.29. The molecule has 36 heavy (non-hydrogen) atoms. The van der Waals surface area contributed by atoms with Gasteiger partial charge >= 0.3 is 0 Å². The van der Waals surface area contributed by atoms with Gasteiger partial charge in [0.25, 0.3) is 5.69 Å². The number of non-ortho nitro benzene ring substituents is 1. The molecule has 1 aliphatic rings. The summed E-state index contributed by atoms with van der Waals surface area (Å²) in [6.45, 7) is 0. The molecular weight excluding hydrogens is 476 g/mol. The van der Waals surface area contributed by atoms with Crippen molar-refractivity contribution in [2.75, 3.05) is 25.3 Å². The molecule has 4 aromatic rings. The number of rotatable bonds is 8. The monoisotopic (exact) mass is 502 g/mol. The number of aromatic nitrogens is 1. The second kappa shape index (κ2) is 9.87. The van der Waals surface area contributed by atoms with Gasteiger partial charge in [-0.15, -0.1) is 0 Å². The van der Waals surface area contributed by atoms with Gasteiger partial charge in [0.15, 0.2) is 5.13 Å². The molecule has 5 rings (SSSR count). The molecule has 0 amide bonds. The molecule has 0 aliphatic carbocycles. The van der Waals surface area contributed by atoms with Crippen LogP contribution >= 0.6 is 11.3 Å². The summed E-state index contributed by atoms with van der Waals surface area (Å²) in [4.78, 5) is 17.0. The van der Waals surface area contributed by atoms with Crippen LogP contribution in [0.1, 0.15) is 39.2 Å². The highest BCUT2D eigenvalue weighted by atomic mass is 32.1. The van der Waals surface area contributed by atoms with Crippen LogP contribution in [-0.2, 0) is 12.8 Å². The molecule has 0 saturated heterocycles. The minimum absolute atomic E-state index is 0.0187. The molecule has 2 heterocycles. The molecule has 8 nitrogen and oxygen atoms in total. The van der Waals surface area contributed by atoms with Crippen LogP contribution in [0.2, 0.25) is 0 Å². The summed E-state index contributed by atoms with van der Waals surface area (Å²) in [5, 5.41) is 15.6. The normalized spacial score (nSPS) is 15.1. The van der Waals surface area contributed by atoms with Gasteiger partial charge in [-0.3, -0.25) is 10.1 Å². The van der Waals surface area contributed by atoms with Gasteiger partial charge in [-0.2, -0.15) is 0 Å². The number of nitrogens with zero attached hydrogens (tertiary/aromatic N) is 2. The zero-order chi connectivity index (χ0) is 25.2. The molecule has 0 saturated carbocycles.